The van der Waals surface area contributed by atoms with Crippen molar-refractivity contribution in [2.45, 2.75) is 42.2 Å². The lowest BCUT2D eigenvalue weighted by molar-refractivity contribution is -0.139. The van der Waals surface area contributed by atoms with E-state index in [-0.39, 0.29) is 11.8 Å². The van der Waals surface area contributed by atoms with Crippen molar-refractivity contribution in [3.05, 3.63) is 24.3 Å². The summed E-state index contributed by atoms with van der Waals surface area (Å²) in [6.45, 7) is 1.10. The Bertz CT molecular complexity index is 656. The van der Waals surface area contributed by atoms with Crippen LogP contribution in [0.4, 0.5) is 0 Å². The number of carbonyl (C=O) groups is 1. The van der Waals surface area contributed by atoms with Gasteiger partial charge >= 0.3 is 0 Å². The zero-order chi connectivity index (χ0) is 16.4. The minimum atomic E-state index is -3.34. The zero-order valence-corrected chi connectivity index (χ0v) is 14.2. The average Bonchev–Trinajstić information content (AvgIpc) is 2.53. The molecule has 1 saturated carbocycles. The van der Waals surface area contributed by atoms with Crippen LogP contribution in [0.5, 0.6) is 5.75 Å². The Morgan fingerprint density at radius 1 is 1.09 bits per heavy atom. The number of sulfone groups is 1. The molecule has 0 atom stereocenters. The predicted molar refractivity (Wildman–Crippen MR) is 87.1 cm³/mol. The molecular weight excluding hydrogens is 314 g/mol. The van der Waals surface area contributed by atoms with Crippen LogP contribution >= 0.6 is 0 Å². The van der Waals surface area contributed by atoms with Crippen LogP contribution in [0.1, 0.15) is 32.1 Å². The Labute approximate surface area is 137 Å². The van der Waals surface area contributed by atoms with Gasteiger partial charge in [0.2, 0.25) is 5.91 Å². The van der Waals surface area contributed by atoms with E-state index in [1.54, 1.807) is 31.4 Å². The normalized spacial score (nSPS) is 20.1. The minimum Gasteiger partial charge on any atom is -0.497 e. The summed E-state index contributed by atoms with van der Waals surface area (Å²) in [5.74, 6) is 1.05. The highest BCUT2D eigenvalue weighted by Crippen LogP contribution is 2.31. The van der Waals surface area contributed by atoms with Gasteiger partial charge in [-0.05, 0) is 49.9 Å². The van der Waals surface area contributed by atoms with E-state index < -0.39 is 15.1 Å². The first kappa shape index (κ1) is 16.3. The van der Waals surface area contributed by atoms with E-state index in [1.807, 2.05) is 4.90 Å². The number of hydrogen-bond donors (Lipinski definition) is 0. The molecule has 1 saturated heterocycles. The van der Waals surface area contributed by atoms with Crippen LogP contribution in [0.3, 0.4) is 0 Å². The number of carbonyl (C=O) groups excluding carboxylic acids is 1. The van der Waals surface area contributed by atoms with Gasteiger partial charge in [0, 0.05) is 19.0 Å². The van der Waals surface area contributed by atoms with Gasteiger partial charge in [-0.1, -0.05) is 6.42 Å². The first-order valence-corrected chi connectivity index (χ1v) is 9.74. The van der Waals surface area contributed by atoms with Gasteiger partial charge in [0.25, 0.3) is 0 Å². The van der Waals surface area contributed by atoms with E-state index in [0.29, 0.717) is 36.6 Å². The van der Waals surface area contributed by atoms with Crippen molar-refractivity contribution >= 4 is 15.7 Å². The fourth-order valence-electron chi connectivity index (χ4n) is 3.26. The number of likely N-dealkylation sites (tertiary alicyclic amines) is 1. The molecule has 1 aliphatic heterocycles. The smallest absolute Gasteiger partial charge is 0.225 e. The third kappa shape index (κ3) is 3.22. The van der Waals surface area contributed by atoms with E-state index in [0.717, 1.165) is 19.3 Å². The van der Waals surface area contributed by atoms with E-state index in [2.05, 4.69) is 0 Å². The summed E-state index contributed by atoms with van der Waals surface area (Å²) in [5.41, 5.74) is 0. The average molecular weight is 337 g/mol. The fraction of sp³-hybridized carbons (Fsp3) is 0.588. The van der Waals surface area contributed by atoms with Gasteiger partial charge in [0.1, 0.15) is 5.75 Å². The summed E-state index contributed by atoms with van der Waals surface area (Å²) >= 11 is 0. The Morgan fingerprint density at radius 2 is 1.70 bits per heavy atom. The maximum atomic E-state index is 12.7. The number of nitrogens with zero attached hydrogens (tertiary/aromatic N) is 1. The van der Waals surface area contributed by atoms with E-state index in [1.165, 1.54) is 0 Å². The molecule has 2 fully saturated rings. The third-order valence-corrected chi connectivity index (χ3v) is 7.31. The fourth-order valence-corrected chi connectivity index (χ4v) is 4.99. The molecule has 1 aromatic carbocycles. The van der Waals surface area contributed by atoms with Crippen LogP contribution in [-0.4, -0.2) is 44.7 Å². The SMILES string of the molecule is COc1ccc(S(=O)(=O)C2CCN(C(=O)C3CCC3)CC2)cc1. The van der Waals surface area contributed by atoms with Gasteiger partial charge in [-0.15, -0.1) is 0 Å². The van der Waals surface area contributed by atoms with Crippen molar-refractivity contribution in [3.8, 4) is 5.75 Å². The third-order valence-electron chi connectivity index (χ3n) is 5.03. The number of ether oxygens (including phenoxy) is 1. The Morgan fingerprint density at radius 3 is 2.17 bits per heavy atom. The monoisotopic (exact) mass is 337 g/mol. The van der Waals surface area contributed by atoms with E-state index in [4.69, 9.17) is 4.74 Å². The van der Waals surface area contributed by atoms with Crippen molar-refractivity contribution in [1.82, 2.24) is 4.90 Å². The maximum absolute atomic E-state index is 12.7. The summed E-state index contributed by atoms with van der Waals surface area (Å²) in [5, 5.41) is -0.402. The first-order chi connectivity index (χ1) is 11.0. The molecule has 3 rings (SSSR count). The molecule has 1 heterocycles. The summed E-state index contributed by atoms with van der Waals surface area (Å²) in [4.78, 5) is 14.4. The molecule has 2 aliphatic rings. The van der Waals surface area contributed by atoms with Gasteiger partial charge in [0.15, 0.2) is 9.84 Å². The topological polar surface area (TPSA) is 63.7 Å². The van der Waals surface area contributed by atoms with Crippen molar-refractivity contribution in [2.24, 2.45) is 5.92 Å². The van der Waals surface area contributed by atoms with Crippen LogP contribution in [0.2, 0.25) is 0 Å². The lowest BCUT2D eigenvalue weighted by atomic mass is 9.84. The van der Waals surface area contributed by atoms with E-state index in [9.17, 15) is 13.2 Å². The molecule has 6 heteroatoms. The van der Waals surface area contributed by atoms with Crippen LogP contribution in [0.25, 0.3) is 0 Å². The quantitative estimate of drug-likeness (QED) is 0.845. The van der Waals surface area contributed by atoms with E-state index >= 15 is 0 Å². The lowest BCUT2D eigenvalue weighted by Gasteiger charge is -2.36. The second kappa shape index (κ2) is 6.51. The van der Waals surface area contributed by atoms with Crippen molar-refractivity contribution in [2.75, 3.05) is 20.2 Å². The largest absolute Gasteiger partial charge is 0.497 e. The standard InChI is InChI=1S/C17H23NO4S/c1-22-14-5-7-15(8-6-14)23(20,21)16-9-11-18(12-10-16)17(19)13-3-2-4-13/h5-8,13,16H,2-4,9-12H2,1H3. The highest BCUT2D eigenvalue weighted by molar-refractivity contribution is 7.92. The van der Waals surface area contributed by atoms with Gasteiger partial charge < -0.3 is 9.64 Å². The summed E-state index contributed by atoms with van der Waals surface area (Å²) in [7, 11) is -1.79. The van der Waals surface area contributed by atoms with Crippen molar-refractivity contribution in [1.29, 1.82) is 0 Å². The predicted octanol–water partition coefficient (Wildman–Crippen LogP) is 2.26. The number of benzene rings is 1. The molecule has 0 spiro atoms. The Kier molecular flexibility index (Phi) is 4.62. The number of rotatable bonds is 4. The van der Waals surface area contributed by atoms with Crippen LogP contribution in [0, 0.1) is 5.92 Å². The molecule has 0 bridgehead atoms. The van der Waals surface area contributed by atoms with Gasteiger partial charge in [-0.2, -0.15) is 0 Å². The number of hydrogen-bond acceptors (Lipinski definition) is 4. The molecule has 23 heavy (non-hydrogen) atoms. The van der Waals surface area contributed by atoms with Crippen molar-refractivity contribution in [3.63, 3.8) is 0 Å². The van der Waals surface area contributed by atoms with Crippen molar-refractivity contribution < 1.29 is 17.9 Å². The Hall–Kier alpha value is -1.56. The molecule has 0 N–H and O–H groups in total. The molecule has 0 aromatic heterocycles. The second-order valence-electron chi connectivity index (χ2n) is 6.37. The second-order valence-corrected chi connectivity index (χ2v) is 8.60. The number of amides is 1. The van der Waals surface area contributed by atoms with Crippen LogP contribution < -0.4 is 4.74 Å². The van der Waals surface area contributed by atoms with Crippen LogP contribution in [-0.2, 0) is 14.6 Å². The molecule has 5 nitrogen and oxygen atoms in total. The summed E-state index contributed by atoms with van der Waals surface area (Å²) in [6.07, 6.45) is 4.16. The zero-order valence-electron chi connectivity index (χ0n) is 13.4. The minimum absolute atomic E-state index is 0.185. The Balaban J connectivity index is 1.64. The highest BCUT2D eigenvalue weighted by Gasteiger charge is 2.35. The van der Waals surface area contributed by atoms with Gasteiger partial charge in [-0.3, -0.25) is 4.79 Å². The lowest BCUT2D eigenvalue weighted by Crippen LogP contribution is -2.46. The maximum Gasteiger partial charge on any atom is 0.225 e. The summed E-state index contributed by atoms with van der Waals surface area (Å²) in [6, 6.07) is 6.53. The molecule has 0 radical (unpaired) electrons. The molecule has 1 aliphatic carbocycles. The van der Waals surface area contributed by atoms with Crippen LogP contribution in [0.15, 0.2) is 29.2 Å². The number of piperidine rings is 1. The molecule has 126 valence electrons. The molecular formula is C17H23NO4S. The molecule has 1 amide bonds. The van der Waals surface area contributed by atoms with Gasteiger partial charge in [-0.25, -0.2) is 8.42 Å². The first-order valence-electron chi connectivity index (χ1n) is 8.19. The van der Waals surface area contributed by atoms with Gasteiger partial charge in [0.05, 0.1) is 17.3 Å². The summed E-state index contributed by atoms with van der Waals surface area (Å²) < 4.78 is 30.5. The number of methoxy groups -OCH3 is 1. The highest BCUT2D eigenvalue weighted by atomic mass is 32.2. The molecule has 1 aromatic rings. The molecule has 0 unspecified atom stereocenters.